The number of hydrogen-bond acceptors (Lipinski definition) is 2. The Morgan fingerprint density at radius 3 is 2.59 bits per heavy atom. The van der Waals surface area contributed by atoms with Crippen molar-refractivity contribution in [2.75, 3.05) is 13.6 Å². The van der Waals surface area contributed by atoms with Gasteiger partial charge in [-0.1, -0.05) is 37.1 Å². The Hall–Kier alpha value is -0.860. The Labute approximate surface area is 104 Å². The van der Waals surface area contributed by atoms with E-state index in [1.54, 1.807) is 0 Å². The summed E-state index contributed by atoms with van der Waals surface area (Å²) in [5.41, 5.74) is 2.77. The molecule has 0 radical (unpaired) electrons. The van der Waals surface area contributed by atoms with Crippen LogP contribution in [0.15, 0.2) is 24.3 Å². The normalized spacial score (nSPS) is 16.5. The van der Waals surface area contributed by atoms with E-state index < -0.39 is 0 Å². The van der Waals surface area contributed by atoms with E-state index in [9.17, 15) is 0 Å². The van der Waals surface area contributed by atoms with Crippen LogP contribution in [-0.2, 0) is 17.8 Å². The van der Waals surface area contributed by atoms with Crippen LogP contribution in [-0.4, -0.2) is 19.7 Å². The van der Waals surface area contributed by atoms with Crippen LogP contribution in [0.3, 0.4) is 0 Å². The summed E-state index contributed by atoms with van der Waals surface area (Å²) in [6, 6.07) is 8.63. The first-order valence-corrected chi connectivity index (χ1v) is 6.73. The first-order chi connectivity index (χ1) is 8.40. The number of ether oxygens (including phenoxy) is 1. The van der Waals surface area contributed by atoms with Crippen molar-refractivity contribution in [3.8, 4) is 0 Å². The zero-order valence-electron chi connectivity index (χ0n) is 10.7. The molecule has 2 nitrogen and oxygen atoms in total. The van der Waals surface area contributed by atoms with Crippen LogP contribution in [0.25, 0.3) is 0 Å². The fraction of sp³-hybridized carbons (Fsp3) is 0.600. The molecule has 0 aromatic heterocycles. The van der Waals surface area contributed by atoms with E-state index in [2.05, 4.69) is 29.6 Å². The second-order valence-corrected chi connectivity index (χ2v) is 4.84. The van der Waals surface area contributed by atoms with Crippen molar-refractivity contribution in [3.05, 3.63) is 35.4 Å². The minimum absolute atomic E-state index is 0.507. The first-order valence-electron chi connectivity index (χ1n) is 6.73. The molecule has 94 valence electrons. The van der Waals surface area contributed by atoms with E-state index in [0.717, 1.165) is 19.6 Å². The summed E-state index contributed by atoms with van der Waals surface area (Å²) < 4.78 is 5.99. The van der Waals surface area contributed by atoms with Gasteiger partial charge in [0.1, 0.15) is 0 Å². The second-order valence-electron chi connectivity index (χ2n) is 4.84. The molecule has 1 fully saturated rings. The predicted octanol–water partition coefficient (Wildman–Crippen LogP) is 2.91. The highest BCUT2D eigenvalue weighted by Crippen LogP contribution is 2.22. The molecule has 0 aliphatic heterocycles. The van der Waals surface area contributed by atoms with Gasteiger partial charge >= 0.3 is 0 Å². The summed E-state index contributed by atoms with van der Waals surface area (Å²) >= 11 is 0. The number of benzene rings is 1. The summed E-state index contributed by atoms with van der Waals surface area (Å²) in [6.45, 7) is 1.81. The van der Waals surface area contributed by atoms with Crippen LogP contribution < -0.4 is 5.32 Å². The van der Waals surface area contributed by atoms with Crippen molar-refractivity contribution in [1.82, 2.24) is 5.32 Å². The van der Waals surface area contributed by atoms with Crippen LogP contribution in [0.5, 0.6) is 0 Å². The van der Waals surface area contributed by atoms with E-state index in [0.29, 0.717) is 6.10 Å². The third kappa shape index (κ3) is 3.83. The molecular formula is C15H23NO. The van der Waals surface area contributed by atoms with Gasteiger partial charge in [-0.05, 0) is 44.0 Å². The quantitative estimate of drug-likeness (QED) is 0.815. The summed E-state index contributed by atoms with van der Waals surface area (Å²) in [7, 11) is 2.00. The van der Waals surface area contributed by atoms with Gasteiger partial charge < -0.3 is 10.1 Å². The van der Waals surface area contributed by atoms with Gasteiger partial charge in [0, 0.05) is 0 Å². The summed E-state index contributed by atoms with van der Waals surface area (Å²) in [4.78, 5) is 0. The topological polar surface area (TPSA) is 21.3 Å². The average Bonchev–Trinajstić information content (AvgIpc) is 2.88. The minimum Gasteiger partial charge on any atom is -0.374 e. The SMILES string of the molecule is CNCCc1ccccc1COC1CCCC1. The molecule has 1 N–H and O–H groups in total. The minimum atomic E-state index is 0.507. The molecule has 0 bridgehead atoms. The third-order valence-corrected chi connectivity index (χ3v) is 3.54. The molecule has 1 saturated carbocycles. The standard InChI is InChI=1S/C15H23NO/c1-16-11-10-13-6-2-3-7-14(13)12-17-15-8-4-5-9-15/h2-3,6-7,15-16H,4-5,8-12H2,1H3. The lowest BCUT2D eigenvalue weighted by Gasteiger charge is -2.14. The molecule has 0 atom stereocenters. The van der Waals surface area contributed by atoms with Gasteiger partial charge in [-0.3, -0.25) is 0 Å². The molecule has 0 spiro atoms. The van der Waals surface area contributed by atoms with Gasteiger partial charge in [-0.15, -0.1) is 0 Å². The lowest BCUT2D eigenvalue weighted by Crippen LogP contribution is -2.13. The molecule has 2 rings (SSSR count). The van der Waals surface area contributed by atoms with Gasteiger partial charge in [0.25, 0.3) is 0 Å². The number of likely N-dealkylation sites (N-methyl/N-ethyl adjacent to an activating group) is 1. The molecular weight excluding hydrogens is 210 g/mol. The van der Waals surface area contributed by atoms with Crippen LogP contribution >= 0.6 is 0 Å². The highest BCUT2D eigenvalue weighted by Gasteiger charge is 2.15. The van der Waals surface area contributed by atoms with Gasteiger partial charge in [-0.2, -0.15) is 0 Å². The summed E-state index contributed by atoms with van der Waals surface area (Å²) in [6.07, 6.45) is 6.77. The van der Waals surface area contributed by atoms with Crippen molar-refractivity contribution in [3.63, 3.8) is 0 Å². The van der Waals surface area contributed by atoms with Crippen LogP contribution in [0.2, 0.25) is 0 Å². The van der Waals surface area contributed by atoms with Gasteiger partial charge in [0.05, 0.1) is 12.7 Å². The average molecular weight is 233 g/mol. The Morgan fingerprint density at radius 1 is 1.18 bits per heavy atom. The third-order valence-electron chi connectivity index (χ3n) is 3.54. The maximum Gasteiger partial charge on any atom is 0.0723 e. The van der Waals surface area contributed by atoms with Crippen molar-refractivity contribution >= 4 is 0 Å². The van der Waals surface area contributed by atoms with E-state index in [1.165, 1.54) is 36.8 Å². The fourth-order valence-corrected chi connectivity index (χ4v) is 2.46. The number of nitrogens with one attached hydrogen (secondary N) is 1. The monoisotopic (exact) mass is 233 g/mol. The Bertz CT molecular complexity index is 331. The summed E-state index contributed by atoms with van der Waals surface area (Å²) in [5.74, 6) is 0. The second kappa shape index (κ2) is 6.77. The van der Waals surface area contributed by atoms with E-state index in [-0.39, 0.29) is 0 Å². The Balaban J connectivity index is 1.89. The Morgan fingerprint density at radius 2 is 1.88 bits per heavy atom. The van der Waals surface area contributed by atoms with E-state index in [1.807, 2.05) is 7.05 Å². The predicted molar refractivity (Wildman–Crippen MR) is 71.1 cm³/mol. The van der Waals surface area contributed by atoms with Gasteiger partial charge in [-0.25, -0.2) is 0 Å². The van der Waals surface area contributed by atoms with Crippen molar-refractivity contribution in [2.45, 2.75) is 44.8 Å². The van der Waals surface area contributed by atoms with Gasteiger partial charge in [0.15, 0.2) is 0 Å². The fourth-order valence-electron chi connectivity index (χ4n) is 2.46. The lowest BCUT2D eigenvalue weighted by molar-refractivity contribution is 0.0453. The largest absolute Gasteiger partial charge is 0.374 e. The first kappa shape index (κ1) is 12.6. The maximum absolute atomic E-state index is 5.99. The van der Waals surface area contributed by atoms with Crippen LogP contribution in [0.4, 0.5) is 0 Å². The van der Waals surface area contributed by atoms with Crippen molar-refractivity contribution < 1.29 is 4.74 Å². The highest BCUT2D eigenvalue weighted by molar-refractivity contribution is 5.26. The molecule has 0 saturated heterocycles. The van der Waals surface area contributed by atoms with E-state index >= 15 is 0 Å². The molecule has 1 aromatic rings. The zero-order valence-corrected chi connectivity index (χ0v) is 10.7. The zero-order chi connectivity index (χ0) is 11.9. The van der Waals surface area contributed by atoms with Crippen LogP contribution in [0, 0.1) is 0 Å². The molecule has 0 heterocycles. The summed E-state index contributed by atoms with van der Waals surface area (Å²) in [5, 5.41) is 3.20. The number of rotatable bonds is 6. The molecule has 1 aliphatic carbocycles. The maximum atomic E-state index is 5.99. The molecule has 0 amide bonds. The van der Waals surface area contributed by atoms with Crippen molar-refractivity contribution in [2.24, 2.45) is 0 Å². The smallest absolute Gasteiger partial charge is 0.0723 e. The highest BCUT2D eigenvalue weighted by atomic mass is 16.5. The Kier molecular flexibility index (Phi) is 5.02. The van der Waals surface area contributed by atoms with E-state index in [4.69, 9.17) is 4.74 Å². The molecule has 17 heavy (non-hydrogen) atoms. The lowest BCUT2D eigenvalue weighted by atomic mass is 10.1. The molecule has 1 aliphatic rings. The van der Waals surface area contributed by atoms with Gasteiger partial charge in [0.2, 0.25) is 0 Å². The molecule has 1 aromatic carbocycles. The van der Waals surface area contributed by atoms with Crippen LogP contribution in [0.1, 0.15) is 36.8 Å². The number of hydrogen-bond donors (Lipinski definition) is 1. The molecule has 0 unspecified atom stereocenters. The molecule has 2 heteroatoms. The van der Waals surface area contributed by atoms with Crippen molar-refractivity contribution in [1.29, 1.82) is 0 Å².